The van der Waals surface area contributed by atoms with Gasteiger partial charge in [-0.15, -0.1) is 0 Å². The van der Waals surface area contributed by atoms with Crippen LogP contribution in [-0.2, 0) is 19.4 Å². The molecule has 0 fully saturated rings. The number of nitrogens with two attached hydrogens (primary N) is 1. The number of amides is 1. The molecule has 1 rings (SSSR count). The molecule has 0 spiro atoms. The van der Waals surface area contributed by atoms with Crippen molar-refractivity contribution in [1.29, 1.82) is 0 Å². The molecule has 3 N–H and O–H groups in total. The smallest absolute Gasteiger partial charge is 0.383 e. The maximum atomic E-state index is 12.3. The normalized spacial score (nSPS) is 12.1. The van der Waals surface area contributed by atoms with Crippen molar-refractivity contribution < 1.29 is 31.1 Å². The predicted molar refractivity (Wildman–Crippen MR) is 68.2 cm³/mol. The molecule has 10 heteroatoms. The van der Waals surface area contributed by atoms with Crippen LogP contribution in [0.4, 0.5) is 18.9 Å². The lowest BCUT2D eigenvalue weighted by atomic mass is 10.3. The first-order chi connectivity index (χ1) is 9.64. The summed E-state index contributed by atoms with van der Waals surface area (Å²) >= 11 is 0. The van der Waals surface area contributed by atoms with Crippen LogP contribution in [0.25, 0.3) is 0 Å². The molecule has 1 aromatic rings. The van der Waals surface area contributed by atoms with E-state index in [2.05, 4.69) is 5.32 Å². The second-order valence-electron chi connectivity index (χ2n) is 3.92. The second kappa shape index (κ2) is 6.76. The van der Waals surface area contributed by atoms with Gasteiger partial charge in [0.25, 0.3) is 9.84 Å². The van der Waals surface area contributed by atoms with Crippen LogP contribution in [-0.4, -0.2) is 39.6 Å². The van der Waals surface area contributed by atoms with Crippen molar-refractivity contribution in [3.8, 4) is 0 Å². The Bertz CT molecular complexity index is 584. The van der Waals surface area contributed by atoms with E-state index in [-0.39, 0.29) is 19.8 Å². The molecule has 0 bridgehead atoms. The maximum Gasteiger partial charge on any atom is 0.501 e. The zero-order valence-corrected chi connectivity index (χ0v) is 11.5. The summed E-state index contributed by atoms with van der Waals surface area (Å²) in [5.41, 5.74) is -0.0681. The van der Waals surface area contributed by atoms with E-state index < -0.39 is 26.1 Å². The SMILES string of the molecule is NC(=O)COCCNc1ccc(S(=O)(=O)C(F)(F)F)cc1. The Morgan fingerprint density at radius 2 is 1.81 bits per heavy atom. The van der Waals surface area contributed by atoms with E-state index in [0.717, 1.165) is 12.1 Å². The third-order valence-corrected chi connectivity index (χ3v) is 3.79. The predicted octanol–water partition coefficient (Wildman–Crippen LogP) is 0.894. The van der Waals surface area contributed by atoms with E-state index in [1.165, 1.54) is 12.1 Å². The Morgan fingerprint density at radius 1 is 1.24 bits per heavy atom. The summed E-state index contributed by atoms with van der Waals surface area (Å²) in [5, 5.41) is 2.78. The largest absolute Gasteiger partial charge is 0.501 e. The number of alkyl halides is 3. The number of halogens is 3. The molecule has 6 nitrogen and oxygen atoms in total. The first-order valence-electron chi connectivity index (χ1n) is 5.66. The van der Waals surface area contributed by atoms with Gasteiger partial charge in [0.05, 0.1) is 11.5 Å². The molecule has 0 heterocycles. The van der Waals surface area contributed by atoms with Crippen molar-refractivity contribution in [3.05, 3.63) is 24.3 Å². The summed E-state index contributed by atoms with van der Waals surface area (Å²) in [6.45, 7) is 0.203. The van der Waals surface area contributed by atoms with Crippen LogP contribution in [0.3, 0.4) is 0 Å². The minimum atomic E-state index is -5.34. The van der Waals surface area contributed by atoms with E-state index in [9.17, 15) is 26.4 Å². The maximum absolute atomic E-state index is 12.3. The zero-order chi connectivity index (χ0) is 16.1. The molecular formula is C11H13F3N2O4S. The number of carbonyl (C=O) groups is 1. The minimum Gasteiger partial charge on any atom is -0.383 e. The summed E-state index contributed by atoms with van der Waals surface area (Å²) in [6, 6.07) is 4.12. The van der Waals surface area contributed by atoms with E-state index in [4.69, 9.17) is 10.5 Å². The van der Waals surface area contributed by atoms with Crippen molar-refractivity contribution in [1.82, 2.24) is 0 Å². The average Bonchev–Trinajstić information content (AvgIpc) is 2.37. The van der Waals surface area contributed by atoms with Crippen molar-refractivity contribution in [2.24, 2.45) is 5.73 Å². The van der Waals surface area contributed by atoms with Crippen LogP contribution >= 0.6 is 0 Å². The summed E-state index contributed by atoms with van der Waals surface area (Å²) in [4.78, 5) is 9.54. The highest BCUT2D eigenvalue weighted by Gasteiger charge is 2.46. The topological polar surface area (TPSA) is 98.5 Å². The van der Waals surface area contributed by atoms with Crippen molar-refractivity contribution in [2.45, 2.75) is 10.4 Å². The standard InChI is InChI=1S/C11H13F3N2O4S/c12-11(13,14)21(18,19)9-3-1-8(2-4-9)16-5-6-20-7-10(15)17/h1-4,16H,5-7H2,(H2,15,17). The molecule has 0 saturated heterocycles. The minimum absolute atomic E-state index is 0.158. The van der Waals surface area contributed by atoms with Gasteiger partial charge in [-0.05, 0) is 24.3 Å². The van der Waals surface area contributed by atoms with Gasteiger partial charge in [-0.2, -0.15) is 13.2 Å². The van der Waals surface area contributed by atoms with E-state index in [1.807, 2.05) is 0 Å². The summed E-state index contributed by atoms with van der Waals surface area (Å²) in [5.74, 6) is -0.614. The van der Waals surface area contributed by atoms with E-state index >= 15 is 0 Å². The van der Waals surface area contributed by atoms with E-state index in [0.29, 0.717) is 5.69 Å². The molecule has 21 heavy (non-hydrogen) atoms. The van der Waals surface area contributed by atoms with Crippen LogP contribution in [0, 0.1) is 0 Å². The lowest BCUT2D eigenvalue weighted by Crippen LogP contribution is -2.23. The number of carbonyl (C=O) groups excluding carboxylic acids is 1. The quantitative estimate of drug-likeness (QED) is 0.725. The Kier molecular flexibility index (Phi) is 5.55. The number of nitrogens with one attached hydrogen (secondary N) is 1. The number of benzene rings is 1. The average molecular weight is 326 g/mol. The number of ether oxygens (including phenoxy) is 1. The summed E-state index contributed by atoms with van der Waals surface area (Å²) in [6.07, 6.45) is 0. The fourth-order valence-corrected chi connectivity index (χ4v) is 2.09. The molecule has 0 atom stereocenters. The molecule has 1 aromatic carbocycles. The highest BCUT2D eigenvalue weighted by molar-refractivity contribution is 7.92. The molecule has 0 saturated carbocycles. The Hall–Kier alpha value is -1.81. The molecule has 0 radical (unpaired) electrons. The fraction of sp³-hybridized carbons (Fsp3) is 0.364. The fourth-order valence-electron chi connectivity index (χ4n) is 1.33. The Balaban J connectivity index is 2.57. The van der Waals surface area contributed by atoms with Gasteiger partial charge in [0.15, 0.2) is 0 Å². The van der Waals surface area contributed by atoms with E-state index in [1.54, 1.807) is 0 Å². The molecule has 1 amide bonds. The van der Waals surface area contributed by atoms with Crippen LogP contribution in [0.15, 0.2) is 29.2 Å². The number of rotatable bonds is 7. The lowest BCUT2D eigenvalue weighted by molar-refractivity contribution is -0.122. The van der Waals surface area contributed by atoms with Gasteiger partial charge in [0, 0.05) is 12.2 Å². The van der Waals surface area contributed by atoms with Gasteiger partial charge in [0.2, 0.25) is 5.91 Å². The number of primary amides is 1. The third kappa shape index (κ3) is 4.90. The summed E-state index contributed by atoms with van der Waals surface area (Å²) < 4.78 is 64.0. The van der Waals surface area contributed by atoms with Crippen LogP contribution in [0.2, 0.25) is 0 Å². The molecule has 0 aliphatic carbocycles. The molecule has 0 aromatic heterocycles. The lowest BCUT2D eigenvalue weighted by Gasteiger charge is -2.10. The zero-order valence-electron chi connectivity index (χ0n) is 10.7. The highest BCUT2D eigenvalue weighted by atomic mass is 32.2. The first kappa shape index (κ1) is 17.2. The number of sulfone groups is 1. The molecule has 0 aliphatic rings. The monoisotopic (exact) mass is 326 g/mol. The van der Waals surface area contributed by atoms with Crippen LogP contribution < -0.4 is 11.1 Å². The van der Waals surface area contributed by atoms with Gasteiger partial charge in [-0.3, -0.25) is 4.79 Å². The Labute approximate surface area is 119 Å². The summed E-state index contributed by atoms with van der Waals surface area (Å²) in [7, 11) is -5.34. The van der Waals surface area contributed by atoms with Gasteiger partial charge < -0.3 is 15.8 Å². The van der Waals surface area contributed by atoms with Gasteiger partial charge in [-0.25, -0.2) is 8.42 Å². The van der Waals surface area contributed by atoms with Gasteiger partial charge in [0.1, 0.15) is 6.61 Å². The Morgan fingerprint density at radius 3 is 2.29 bits per heavy atom. The molecular weight excluding hydrogens is 313 g/mol. The van der Waals surface area contributed by atoms with Gasteiger partial charge >= 0.3 is 5.51 Å². The van der Waals surface area contributed by atoms with Crippen LogP contribution in [0.5, 0.6) is 0 Å². The highest BCUT2D eigenvalue weighted by Crippen LogP contribution is 2.30. The van der Waals surface area contributed by atoms with Crippen molar-refractivity contribution in [3.63, 3.8) is 0 Å². The molecule has 0 aliphatic heterocycles. The first-order valence-corrected chi connectivity index (χ1v) is 7.14. The molecule has 0 unspecified atom stereocenters. The number of anilines is 1. The number of hydrogen-bond acceptors (Lipinski definition) is 5. The third-order valence-electron chi connectivity index (χ3n) is 2.29. The van der Waals surface area contributed by atoms with Crippen molar-refractivity contribution >= 4 is 21.4 Å². The van der Waals surface area contributed by atoms with Crippen molar-refractivity contribution in [2.75, 3.05) is 25.1 Å². The van der Waals surface area contributed by atoms with Crippen LogP contribution in [0.1, 0.15) is 0 Å². The second-order valence-corrected chi connectivity index (χ2v) is 5.86. The number of hydrogen-bond donors (Lipinski definition) is 2. The van der Waals surface area contributed by atoms with Gasteiger partial charge in [-0.1, -0.05) is 0 Å². The molecule has 118 valence electrons.